The number of alkyl halides is 3. The Balaban J connectivity index is 1.50. The molecule has 0 saturated heterocycles. The summed E-state index contributed by atoms with van der Waals surface area (Å²) in [6.45, 7) is 1.36. The number of halogens is 3. The van der Waals surface area contributed by atoms with E-state index in [1.54, 1.807) is 30.6 Å². The van der Waals surface area contributed by atoms with Gasteiger partial charge in [0.15, 0.2) is 0 Å². The number of pyridine rings is 1. The van der Waals surface area contributed by atoms with E-state index in [1.165, 1.54) is 36.7 Å². The van der Waals surface area contributed by atoms with Crippen molar-refractivity contribution in [2.24, 2.45) is 0 Å². The molecule has 9 heteroatoms. The highest BCUT2D eigenvalue weighted by atomic mass is 32.1. The quantitative estimate of drug-likeness (QED) is 0.295. The first-order valence-electron chi connectivity index (χ1n) is 10.5. The fraction of sp³-hybridized carbons (Fsp3) is 0.0769. The van der Waals surface area contributed by atoms with Crippen LogP contribution in [0.2, 0.25) is 0 Å². The largest absolute Gasteiger partial charge is 0.416 e. The molecule has 5 rings (SSSR count). The van der Waals surface area contributed by atoms with E-state index < -0.39 is 17.6 Å². The molecule has 0 aliphatic heterocycles. The zero-order valence-corrected chi connectivity index (χ0v) is 19.1. The number of benzene rings is 2. The van der Waals surface area contributed by atoms with Crippen LogP contribution in [0.4, 0.5) is 18.9 Å². The van der Waals surface area contributed by atoms with Gasteiger partial charge in [-0.1, -0.05) is 18.2 Å². The Hall–Kier alpha value is -4.11. The molecular weight excluding hydrogens is 473 g/mol. The maximum absolute atomic E-state index is 13.3. The van der Waals surface area contributed by atoms with Gasteiger partial charge in [-0.25, -0.2) is 9.97 Å². The third-order valence-electron chi connectivity index (χ3n) is 5.56. The fourth-order valence-corrected chi connectivity index (χ4v) is 4.77. The smallest absolute Gasteiger partial charge is 0.322 e. The Morgan fingerprint density at radius 1 is 0.971 bits per heavy atom. The Morgan fingerprint density at radius 3 is 2.54 bits per heavy atom. The molecule has 0 bridgehead atoms. The number of amides is 1. The molecule has 0 radical (unpaired) electrons. The molecule has 0 atom stereocenters. The maximum atomic E-state index is 13.3. The second kappa shape index (κ2) is 8.92. The number of aryl methyl sites for hydroxylation is 1. The first-order valence-corrected chi connectivity index (χ1v) is 11.4. The molecule has 0 spiro atoms. The van der Waals surface area contributed by atoms with Gasteiger partial charge in [0.25, 0.3) is 5.91 Å². The molecule has 0 fully saturated rings. The first-order chi connectivity index (χ1) is 16.8. The number of nitrogens with zero attached hydrogens (tertiary/aromatic N) is 3. The number of thiophene rings is 1. The van der Waals surface area contributed by atoms with Crippen LogP contribution in [0.5, 0.6) is 0 Å². The van der Waals surface area contributed by atoms with Crippen LogP contribution in [-0.2, 0) is 6.18 Å². The van der Waals surface area contributed by atoms with E-state index in [2.05, 4.69) is 20.3 Å². The zero-order chi connectivity index (χ0) is 24.6. The van der Waals surface area contributed by atoms with Gasteiger partial charge in [-0.2, -0.15) is 13.2 Å². The second-order valence-electron chi connectivity index (χ2n) is 7.85. The number of carbonyl (C=O) groups excluding carboxylic acids is 1. The highest BCUT2D eigenvalue weighted by Gasteiger charge is 2.33. The molecule has 0 aliphatic rings. The summed E-state index contributed by atoms with van der Waals surface area (Å²) in [5, 5.41) is 5.59. The van der Waals surface area contributed by atoms with Gasteiger partial charge in [-0.15, -0.1) is 11.3 Å². The molecule has 1 amide bonds. The predicted molar refractivity (Wildman–Crippen MR) is 130 cm³/mol. The summed E-state index contributed by atoms with van der Waals surface area (Å²) < 4.78 is 39.8. The van der Waals surface area contributed by atoms with E-state index in [9.17, 15) is 18.0 Å². The molecule has 2 aromatic carbocycles. The van der Waals surface area contributed by atoms with Crippen molar-refractivity contribution in [2.75, 3.05) is 5.32 Å². The second-order valence-corrected chi connectivity index (χ2v) is 8.71. The third kappa shape index (κ3) is 4.50. The van der Waals surface area contributed by atoms with Crippen LogP contribution in [0, 0.1) is 6.92 Å². The van der Waals surface area contributed by atoms with Gasteiger partial charge in [0.1, 0.15) is 11.2 Å². The van der Waals surface area contributed by atoms with Crippen molar-refractivity contribution in [1.29, 1.82) is 0 Å². The molecule has 0 saturated carbocycles. The lowest BCUT2D eigenvalue weighted by Gasteiger charge is -2.13. The van der Waals surface area contributed by atoms with Gasteiger partial charge in [-0.3, -0.25) is 9.78 Å². The summed E-state index contributed by atoms with van der Waals surface area (Å²) in [4.78, 5) is 26.5. The first kappa shape index (κ1) is 22.7. The van der Waals surface area contributed by atoms with Gasteiger partial charge in [0.05, 0.1) is 11.3 Å². The van der Waals surface area contributed by atoms with Crippen LogP contribution in [-0.4, -0.2) is 20.9 Å². The minimum absolute atomic E-state index is 0.0598. The van der Waals surface area contributed by atoms with Crippen LogP contribution in [0.1, 0.15) is 21.5 Å². The van der Waals surface area contributed by atoms with Crippen molar-refractivity contribution in [2.45, 2.75) is 13.1 Å². The summed E-state index contributed by atoms with van der Waals surface area (Å²) in [7, 11) is 0. The summed E-state index contributed by atoms with van der Waals surface area (Å²) in [5.74, 6) is -0.631. The van der Waals surface area contributed by atoms with E-state index in [0.29, 0.717) is 11.4 Å². The monoisotopic (exact) mass is 490 g/mol. The minimum Gasteiger partial charge on any atom is -0.322 e. The Kier molecular flexibility index (Phi) is 5.78. The Morgan fingerprint density at radius 2 is 1.77 bits per heavy atom. The highest BCUT2D eigenvalue weighted by molar-refractivity contribution is 7.17. The van der Waals surface area contributed by atoms with Crippen molar-refractivity contribution in [3.05, 3.63) is 95.4 Å². The molecule has 5 aromatic rings. The Bertz CT molecular complexity index is 1550. The summed E-state index contributed by atoms with van der Waals surface area (Å²) in [6.07, 6.45) is 0.383. The number of anilines is 1. The standard InChI is InChI=1S/C26H17F3N4OS/c1-15-5-6-18(12-21(15)26(27,28)29)24(34)33-19-4-2-3-17(11-19)23-22-20(16-7-9-30-10-8-16)13-35-25(22)32-14-31-23/h2-14H,1H3,(H,33,34). The number of nitrogens with one attached hydrogen (secondary N) is 1. The maximum Gasteiger partial charge on any atom is 0.416 e. The van der Waals surface area contributed by atoms with Crippen LogP contribution in [0.25, 0.3) is 32.6 Å². The van der Waals surface area contributed by atoms with Gasteiger partial charge in [0.2, 0.25) is 0 Å². The molecule has 174 valence electrons. The lowest BCUT2D eigenvalue weighted by atomic mass is 10.0. The summed E-state index contributed by atoms with van der Waals surface area (Å²) >= 11 is 1.50. The number of aromatic nitrogens is 3. The molecule has 35 heavy (non-hydrogen) atoms. The molecule has 0 unspecified atom stereocenters. The van der Waals surface area contributed by atoms with Crippen molar-refractivity contribution < 1.29 is 18.0 Å². The number of rotatable bonds is 4. The fourth-order valence-electron chi connectivity index (χ4n) is 3.85. The number of fused-ring (bicyclic) bond motifs is 1. The van der Waals surface area contributed by atoms with E-state index in [1.807, 2.05) is 23.6 Å². The normalized spacial score (nSPS) is 11.5. The lowest BCUT2D eigenvalue weighted by Crippen LogP contribution is -2.15. The van der Waals surface area contributed by atoms with Crippen molar-refractivity contribution in [3.8, 4) is 22.4 Å². The van der Waals surface area contributed by atoms with Gasteiger partial charge in [0, 0.05) is 45.5 Å². The molecule has 3 heterocycles. The molecule has 3 aromatic heterocycles. The van der Waals surface area contributed by atoms with Crippen molar-refractivity contribution >= 4 is 33.1 Å². The topological polar surface area (TPSA) is 67.8 Å². The van der Waals surface area contributed by atoms with Crippen LogP contribution in [0.15, 0.2) is 78.7 Å². The average Bonchev–Trinajstić information content (AvgIpc) is 3.29. The van der Waals surface area contributed by atoms with E-state index in [-0.39, 0.29) is 11.1 Å². The van der Waals surface area contributed by atoms with Crippen molar-refractivity contribution in [3.63, 3.8) is 0 Å². The summed E-state index contributed by atoms with van der Waals surface area (Å²) in [6, 6.07) is 14.4. The zero-order valence-electron chi connectivity index (χ0n) is 18.3. The average molecular weight is 491 g/mol. The number of hydrogen-bond acceptors (Lipinski definition) is 5. The molecule has 1 N–H and O–H groups in total. The molecule has 0 aliphatic carbocycles. The number of hydrogen-bond donors (Lipinski definition) is 1. The van der Waals surface area contributed by atoms with Crippen LogP contribution in [0.3, 0.4) is 0 Å². The SMILES string of the molecule is Cc1ccc(C(=O)Nc2cccc(-c3ncnc4scc(-c5ccncc5)c34)c2)cc1C(F)(F)F. The molecular formula is C26H17F3N4OS. The van der Waals surface area contributed by atoms with Crippen LogP contribution >= 0.6 is 11.3 Å². The van der Waals surface area contributed by atoms with E-state index >= 15 is 0 Å². The third-order valence-corrected chi connectivity index (χ3v) is 6.45. The Labute approximate surface area is 202 Å². The van der Waals surface area contributed by atoms with Gasteiger partial charge in [-0.05, 0) is 54.4 Å². The number of carbonyl (C=O) groups is 1. The lowest BCUT2D eigenvalue weighted by molar-refractivity contribution is -0.138. The van der Waals surface area contributed by atoms with E-state index in [0.717, 1.165) is 33.0 Å². The predicted octanol–water partition coefficient (Wildman–Crippen LogP) is 7.00. The highest BCUT2D eigenvalue weighted by Crippen LogP contribution is 2.38. The van der Waals surface area contributed by atoms with Gasteiger partial charge >= 0.3 is 6.18 Å². The summed E-state index contributed by atoms with van der Waals surface area (Å²) in [5.41, 5.74) is 2.97. The minimum atomic E-state index is -4.54. The van der Waals surface area contributed by atoms with Crippen molar-refractivity contribution in [1.82, 2.24) is 15.0 Å². The molecule has 5 nitrogen and oxygen atoms in total. The van der Waals surface area contributed by atoms with Gasteiger partial charge < -0.3 is 5.32 Å². The van der Waals surface area contributed by atoms with Crippen LogP contribution < -0.4 is 5.32 Å². The van der Waals surface area contributed by atoms with E-state index in [4.69, 9.17) is 0 Å².